The van der Waals surface area contributed by atoms with Gasteiger partial charge in [0, 0.05) is 71.2 Å². The van der Waals surface area contributed by atoms with Crippen molar-refractivity contribution in [2.75, 3.05) is 0 Å². The van der Waals surface area contributed by atoms with E-state index >= 15 is 0 Å². The fraction of sp³-hybridized carbons (Fsp3) is 0.114. The maximum absolute atomic E-state index is 12.2. The van der Waals surface area contributed by atoms with Gasteiger partial charge < -0.3 is 5.11 Å². The summed E-state index contributed by atoms with van der Waals surface area (Å²) in [5, 5.41) is 12.1. The number of benzene rings is 2. The van der Waals surface area contributed by atoms with Crippen molar-refractivity contribution in [1.82, 2.24) is 29.9 Å². The van der Waals surface area contributed by atoms with Crippen LogP contribution in [0.5, 0.6) is 0 Å². The van der Waals surface area contributed by atoms with Crippen LogP contribution in [0.15, 0.2) is 123 Å². The molecule has 0 spiro atoms. The first kappa shape index (κ1) is 31.5. The number of halogens is 2. The van der Waals surface area contributed by atoms with Crippen molar-refractivity contribution >= 4 is 29.0 Å². The summed E-state index contributed by atoms with van der Waals surface area (Å²) in [7, 11) is 0. The largest absolute Gasteiger partial charge is 0.383 e. The van der Waals surface area contributed by atoms with Gasteiger partial charge in [0.05, 0.1) is 5.69 Å². The third-order valence-corrected chi connectivity index (χ3v) is 7.36. The van der Waals surface area contributed by atoms with Crippen LogP contribution in [0.25, 0.3) is 22.3 Å². The lowest BCUT2D eigenvalue weighted by molar-refractivity contribution is 0.0529. The number of carbonyl (C=O) groups excluding carboxylic acids is 1. The zero-order chi connectivity index (χ0) is 31.6. The molecule has 224 valence electrons. The Hall–Kier alpha value is -4.89. The van der Waals surface area contributed by atoms with Crippen molar-refractivity contribution in [1.29, 1.82) is 0 Å². The predicted octanol–water partition coefficient (Wildman–Crippen LogP) is 7.26. The van der Waals surface area contributed by atoms with Crippen LogP contribution in [0.4, 0.5) is 0 Å². The second-order valence-electron chi connectivity index (χ2n) is 10.4. The summed E-state index contributed by atoms with van der Waals surface area (Å²) >= 11 is 11.8. The van der Waals surface area contributed by atoms with Gasteiger partial charge in [-0.1, -0.05) is 59.6 Å². The number of nitrogens with zero attached hydrogens (tertiary/aromatic N) is 6. The van der Waals surface area contributed by atoms with Crippen molar-refractivity contribution in [3.8, 4) is 22.3 Å². The molecular formula is C35H28Cl2N6O2. The normalized spacial score (nSPS) is 12.0. The first-order chi connectivity index (χ1) is 21.8. The van der Waals surface area contributed by atoms with E-state index in [9.17, 15) is 9.90 Å². The lowest BCUT2D eigenvalue weighted by Crippen LogP contribution is -2.25. The molecule has 45 heavy (non-hydrogen) atoms. The molecule has 6 rings (SSSR count). The Morgan fingerprint density at radius 2 is 1.09 bits per heavy atom. The third-order valence-electron chi connectivity index (χ3n) is 6.86. The van der Waals surface area contributed by atoms with Crippen molar-refractivity contribution in [2.45, 2.75) is 25.4 Å². The molecule has 0 aliphatic rings. The molecule has 0 bridgehead atoms. The van der Waals surface area contributed by atoms with E-state index in [4.69, 9.17) is 23.2 Å². The monoisotopic (exact) mass is 634 g/mol. The highest BCUT2D eigenvalue weighted by atomic mass is 35.5. The zero-order valence-electron chi connectivity index (χ0n) is 24.3. The number of hydrogen-bond acceptors (Lipinski definition) is 8. The molecule has 8 nitrogen and oxygen atoms in total. The molecule has 0 fully saturated rings. The Balaban J connectivity index is 0.000000178. The van der Waals surface area contributed by atoms with Gasteiger partial charge in [0.25, 0.3) is 0 Å². The molecular weight excluding hydrogens is 607 g/mol. The number of rotatable bonds is 8. The Bertz CT molecular complexity index is 1820. The van der Waals surface area contributed by atoms with Crippen LogP contribution in [-0.2, 0) is 18.4 Å². The minimum absolute atomic E-state index is 0.0579. The molecule has 2 aromatic carbocycles. The average Bonchev–Trinajstić information content (AvgIpc) is 3.07. The number of aliphatic hydroxyl groups is 1. The molecule has 0 aliphatic carbocycles. The van der Waals surface area contributed by atoms with Gasteiger partial charge in [0.15, 0.2) is 5.78 Å². The van der Waals surface area contributed by atoms with Crippen LogP contribution in [0.1, 0.15) is 34.2 Å². The molecule has 1 unspecified atom stereocenters. The van der Waals surface area contributed by atoms with E-state index in [2.05, 4.69) is 29.9 Å². The fourth-order valence-corrected chi connectivity index (χ4v) is 4.76. The van der Waals surface area contributed by atoms with Gasteiger partial charge in [0.2, 0.25) is 0 Å². The van der Waals surface area contributed by atoms with Gasteiger partial charge >= 0.3 is 0 Å². The summed E-state index contributed by atoms with van der Waals surface area (Å²) in [5.41, 5.74) is 5.55. The second-order valence-corrected chi connectivity index (χ2v) is 11.3. The van der Waals surface area contributed by atoms with Gasteiger partial charge in [-0.3, -0.25) is 14.8 Å². The van der Waals surface area contributed by atoms with Crippen molar-refractivity contribution in [3.05, 3.63) is 155 Å². The smallest absolute Gasteiger partial charge is 0.185 e. The van der Waals surface area contributed by atoms with E-state index in [-0.39, 0.29) is 12.2 Å². The van der Waals surface area contributed by atoms with E-state index in [1.807, 2.05) is 66.7 Å². The van der Waals surface area contributed by atoms with Crippen LogP contribution in [0, 0.1) is 0 Å². The first-order valence-electron chi connectivity index (χ1n) is 13.9. The average molecular weight is 636 g/mol. The van der Waals surface area contributed by atoms with Crippen molar-refractivity contribution in [2.24, 2.45) is 0 Å². The molecule has 1 N–H and O–H groups in total. The zero-order valence-corrected chi connectivity index (χ0v) is 25.8. The summed E-state index contributed by atoms with van der Waals surface area (Å²) in [6.45, 7) is 1.74. The number of pyridine rings is 2. The molecule has 10 heteroatoms. The highest BCUT2D eigenvalue weighted by Crippen LogP contribution is 2.26. The summed E-state index contributed by atoms with van der Waals surface area (Å²) in [5.74, 6) is -0.0579. The van der Waals surface area contributed by atoms with E-state index < -0.39 is 5.60 Å². The molecule has 4 heterocycles. The summed E-state index contributed by atoms with van der Waals surface area (Å²) in [4.78, 5) is 36.6. The van der Waals surface area contributed by atoms with Crippen LogP contribution in [0.2, 0.25) is 10.0 Å². The van der Waals surface area contributed by atoms with E-state index in [0.29, 0.717) is 27.9 Å². The third kappa shape index (κ3) is 8.83. The predicted molar refractivity (Wildman–Crippen MR) is 175 cm³/mol. The van der Waals surface area contributed by atoms with Crippen LogP contribution in [-0.4, -0.2) is 40.8 Å². The molecule has 0 aliphatic heterocycles. The molecule has 0 saturated carbocycles. The molecule has 0 saturated heterocycles. The minimum Gasteiger partial charge on any atom is -0.383 e. The molecule has 0 radical (unpaired) electrons. The minimum atomic E-state index is -1.08. The van der Waals surface area contributed by atoms with Gasteiger partial charge in [-0.25, -0.2) is 19.9 Å². The Kier molecular flexibility index (Phi) is 10.3. The van der Waals surface area contributed by atoms with Gasteiger partial charge in [-0.05, 0) is 65.6 Å². The van der Waals surface area contributed by atoms with Gasteiger partial charge in [-0.2, -0.15) is 0 Å². The number of carbonyl (C=O) groups is 1. The Morgan fingerprint density at radius 1 is 0.622 bits per heavy atom. The number of hydrogen-bond donors (Lipinski definition) is 1. The molecule has 1 atom stereocenters. The van der Waals surface area contributed by atoms with Crippen LogP contribution in [0.3, 0.4) is 0 Å². The summed E-state index contributed by atoms with van der Waals surface area (Å²) in [6.07, 6.45) is 13.7. The molecule has 6 aromatic rings. The van der Waals surface area contributed by atoms with Crippen molar-refractivity contribution in [3.63, 3.8) is 0 Å². The summed E-state index contributed by atoms with van der Waals surface area (Å²) < 4.78 is 0. The van der Waals surface area contributed by atoms with E-state index in [0.717, 1.165) is 33.4 Å². The summed E-state index contributed by atoms with van der Waals surface area (Å²) in [6, 6.07) is 22.5. The van der Waals surface area contributed by atoms with E-state index in [1.165, 1.54) is 12.7 Å². The fourth-order valence-electron chi connectivity index (χ4n) is 4.50. The highest BCUT2D eigenvalue weighted by Gasteiger charge is 2.25. The maximum atomic E-state index is 12.2. The lowest BCUT2D eigenvalue weighted by Gasteiger charge is -2.22. The van der Waals surface area contributed by atoms with Gasteiger partial charge in [0.1, 0.15) is 23.9 Å². The quantitative estimate of drug-likeness (QED) is 0.174. The van der Waals surface area contributed by atoms with E-state index in [1.54, 1.807) is 50.2 Å². The van der Waals surface area contributed by atoms with Crippen LogP contribution >= 0.6 is 23.2 Å². The molecule has 4 aromatic heterocycles. The first-order valence-corrected chi connectivity index (χ1v) is 14.7. The molecule has 0 amide bonds. The SMILES string of the molecule is CC(O)(Cc1cncnc1)c1ccc(-c2ccc(Cl)cc2)cn1.O=C(Cc1cncnc1)c1ccc(-c2ccc(Cl)cc2)cn1. The lowest BCUT2D eigenvalue weighted by atomic mass is 9.93. The van der Waals surface area contributed by atoms with Gasteiger partial charge in [-0.15, -0.1) is 0 Å². The van der Waals surface area contributed by atoms with Crippen LogP contribution < -0.4 is 0 Å². The number of ketones is 1. The topological polar surface area (TPSA) is 115 Å². The maximum Gasteiger partial charge on any atom is 0.185 e. The number of Topliss-reactive ketones (excluding diaryl/α,β-unsaturated/α-hetero) is 1. The van der Waals surface area contributed by atoms with Crippen molar-refractivity contribution < 1.29 is 9.90 Å². The second kappa shape index (κ2) is 14.7. The standard InChI is InChI=1S/C18H16ClN3O.C17H12ClN3O/c1-18(23,8-13-9-20-12-21-10-13)17-7-4-15(11-22-17)14-2-5-16(19)6-3-14;18-15-4-1-13(2-5-15)14-3-6-16(21-10-14)17(22)7-12-8-19-11-20-9-12/h2-7,9-12,23H,8H2,1H3;1-6,8-11H,7H2. The highest BCUT2D eigenvalue weighted by molar-refractivity contribution is 6.30. The Labute approximate surface area is 270 Å². The Morgan fingerprint density at radius 3 is 1.56 bits per heavy atom. The number of aromatic nitrogens is 6.